The van der Waals surface area contributed by atoms with Crippen molar-refractivity contribution in [3.05, 3.63) is 89.2 Å². The van der Waals surface area contributed by atoms with Crippen LogP contribution in [-0.4, -0.2) is 15.9 Å². The number of nitrogens with zero attached hydrogens (tertiary/aromatic N) is 2. The summed E-state index contributed by atoms with van der Waals surface area (Å²) in [6, 6.07) is 21.6. The summed E-state index contributed by atoms with van der Waals surface area (Å²) in [5.74, 6) is -0.00916. The Bertz CT molecular complexity index is 1090. The fourth-order valence-electron chi connectivity index (χ4n) is 2.85. The molecule has 1 N–H and O–H groups in total. The molecule has 0 bridgehead atoms. The highest BCUT2D eigenvalue weighted by Gasteiger charge is 2.07. The molecule has 0 aliphatic heterocycles. The summed E-state index contributed by atoms with van der Waals surface area (Å²) in [6.07, 6.45) is 6.76. The number of aryl methyl sites for hydroxylation is 1. The minimum Gasteiger partial charge on any atom is -0.326 e. The second-order valence-corrected chi connectivity index (χ2v) is 7.45. The topological polar surface area (TPSA) is 54.9 Å². The number of amides is 1. The molecular weight excluding hydrogens is 366 g/mol. The fourth-order valence-corrected chi connectivity index (χ4v) is 3.81. The van der Waals surface area contributed by atoms with Gasteiger partial charge in [-0.3, -0.25) is 9.78 Å². The molecule has 2 aromatic heterocycles. The summed E-state index contributed by atoms with van der Waals surface area (Å²) >= 11 is 1.65. The molecule has 4 nitrogen and oxygen atoms in total. The van der Waals surface area contributed by atoms with Crippen molar-refractivity contribution in [3.8, 4) is 0 Å². The van der Waals surface area contributed by atoms with Crippen LogP contribution in [-0.2, 0) is 11.2 Å². The Balaban J connectivity index is 1.35. The maximum atomic E-state index is 12.3. The van der Waals surface area contributed by atoms with Crippen molar-refractivity contribution in [2.24, 2.45) is 0 Å². The Labute approximate surface area is 167 Å². The lowest BCUT2D eigenvalue weighted by Gasteiger charge is -2.05. The summed E-state index contributed by atoms with van der Waals surface area (Å²) in [5, 5.41) is 3.96. The first-order chi connectivity index (χ1) is 13.8. The average molecular weight is 385 g/mol. The first-order valence-electron chi connectivity index (χ1n) is 9.10. The number of thiazole rings is 1. The van der Waals surface area contributed by atoms with Gasteiger partial charge in [0.15, 0.2) is 0 Å². The molecule has 4 aromatic rings. The van der Waals surface area contributed by atoms with Crippen molar-refractivity contribution >= 4 is 45.3 Å². The second kappa shape index (κ2) is 8.59. The number of anilines is 1. The highest BCUT2D eigenvalue weighted by atomic mass is 32.1. The lowest BCUT2D eigenvalue weighted by atomic mass is 10.1. The van der Waals surface area contributed by atoms with Crippen LogP contribution in [0.15, 0.2) is 72.9 Å². The fraction of sp³-hybridized carbons (Fsp3) is 0.0870. The van der Waals surface area contributed by atoms with E-state index in [9.17, 15) is 4.79 Å². The van der Waals surface area contributed by atoms with Crippen molar-refractivity contribution in [3.63, 3.8) is 0 Å². The summed E-state index contributed by atoms with van der Waals surface area (Å²) in [5.41, 5.74) is 3.69. The van der Waals surface area contributed by atoms with Gasteiger partial charge in [0.1, 0.15) is 0 Å². The van der Waals surface area contributed by atoms with Gasteiger partial charge >= 0.3 is 0 Å². The monoisotopic (exact) mass is 385 g/mol. The molecule has 4 rings (SSSR count). The Morgan fingerprint density at radius 2 is 1.89 bits per heavy atom. The van der Waals surface area contributed by atoms with Crippen molar-refractivity contribution in [1.82, 2.24) is 9.97 Å². The van der Waals surface area contributed by atoms with E-state index in [1.165, 1.54) is 0 Å². The van der Waals surface area contributed by atoms with Crippen LogP contribution in [0.5, 0.6) is 0 Å². The van der Waals surface area contributed by atoms with Crippen LogP contribution in [0.2, 0.25) is 0 Å². The van der Waals surface area contributed by atoms with Crippen LogP contribution in [0.25, 0.3) is 22.4 Å². The first kappa shape index (κ1) is 18.1. The molecule has 0 saturated carbocycles. The summed E-state index contributed by atoms with van der Waals surface area (Å²) in [6.45, 7) is 0. The van der Waals surface area contributed by atoms with Crippen molar-refractivity contribution in [2.45, 2.75) is 12.8 Å². The average Bonchev–Trinajstić information content (AvgIpc) is 3.15. The van der Waals surface area contributed by atoms with Gasteiger partial charge in [0.2, 0.25) is 5.91 Å². The van der Waals surface area contributed by atoms with Crippen LogP contribution in [0.1, 0.15) is 22.7 Å². The van der Waals surface area contributed by atoms with E-state index in [0.29, 0.717) is 12.8 Å². The van der Waals surface area contributed by atoms with Gasteiger partial charge in [-0.25, -0.2) is 4.98 Å². The van der Waals surface area contributed by atoms with E-state index in [1.807, 2.05) is 72.8 Å². The first-order valence-corrected chi connectivity index (χ1v) is 9.91. The van der Waals surface area contributed by atoms with Crippen LogP contribution >= 0.6 is 11.3 Å². The Kier molecular flexibility index (Phi) is 5.54. The number of carbonyl (C=O) groups is 1. The molecule has 0 unspecified atom stereocenters. The van der Waals surface area contributed by atoms with E-state index in [4.69, 9.17) is 0 Å². The molecule has 0 fully saturated rings. The van der Waals surface area contributed by atoms with Gasteiger partial charge in [0.25, 0.3) is 0 Å². The largest absolute Gasteiger partial charge is 0.326 e. The molecular formula is C23H19N3OS. The van der Waals surface area contributed by atoms with E-state index in [-0.39, 0.29) is 5.91 Å². The molecule has 2 heterocycles. The third-order valence-corrected chi connectivity index (χ3v) is 5.30. The normalized spacial score (nSPS) is 11.1. The zero-order chi connectivity index (χ0) is 19.2. The highest BCUT2D eigenvalue weighted by molar-refractivity contribution is 7.18. The Hall–Kier alpha value is -3.31. The number of hydrogen-bond acceptors (Lipinski definition) is 4. The molecule has 138 valence electrons. The molecule has 0 aliphatic rings. The van der Waals surface area contributed by atoms with E-state index in [0.717, 1.165) is 32.2 Å². The molecule has 2 aromatic carbocycles. The number of nitrogens with one attached hydrogen (secondary N) is 1. The van der Waals surface area contributed by atoms with Crippen molar-refractivity contribution in [1.29, 1.82) is 0 Å². The molecule has 0 aliphatic carbocycles. The number of benzene rings is 2. The number of aromatic nitrogens is 2. The van der Waals surface area contributed by atoms with Crippen LogP contribution < -0.4 is 5.32 Å². The Morgan fingerprint density at radius 3 is 2.75 bits per heavy atom. The molecule has 28 heavy (non-hydrogen) atoms. The van der Waals surface area contributed by atoms with Gasteiger partial charge in [0.05, 0.1) is 20.9 Å². The summed E-state index contributed by atoms with van der Waals surface area (Å²) in [4.78, 5) is 21.2. The van der Waals surface area contributed by atoms with Crippen LogP contribution in [0.3, 0.4) is 0 Å². The molecule has 0 saturated heterocycles. The maximum Gasteiger partial charge on any atom is 0.224 e. The standard InChI is InChI=1S/C23H19N3OS/c27-22(13-14-23-26-20-9-1-2-10-21(20)28-23)25-19-8-5-6-17(16-19)11-12-18-7-3-4-15-24-18/h1-12,15-16H,13-14H2,(H,25,27). The zero-order valence-corrected chi connectivity index (χ0v) is 16.0. The predicted molar refractivity (Wildman–Crippen MR) is 116 cm³/mol. The van der Waals surface area contributed by atoms with Gasteiger partial charge in [0, 0.05) is 24.7 Å². The van der Waals surface area contributed by atoms with Crippen LogP contribution in [0.4, 0.5) is 5.69 Å². The second-order valence-electron chi connectivity index (χ2n) is 6.34. The van der Waals surface area contributed by atoms with Crippen molar-refractivity contribution in [2.75, 3.05) is 5.32 Å². The van der Waals surface area contributed by atoms with Gasteiger partial charge in [-0.05, 0) is 48.0 Å². The predicted octanol–water partition coefficient (Wildman–Crippen LogP) is 5.43. The minimum absolute atomic E-state index is 0.00916. The molecule has 0 spiro atoms. The molecule has 1 amide bonds. The van der Waals surface area contributed by atoms with E-state index < -0.39 is 0 Å². The molecule has 0 atom stereocenters. The number of pyridine rings is 1. The van der Waals surface area contributed by atoms with E-state index in [1.54, 1.807) is 17.5 Å². The SMILES string of the molecule is O=C(CCc1nc2ccccc2s1)Nc1cccc(C=Cc2ccccn2)c1. The van der Waals surface area contributed by atoms with Gasteiger partial charge in [-0.15, -0.1) is 11.3 Å². The number of carbonyl (C=O) groups excluding carboxylic acids is 1. The molecule has 5 heteroatoms. The highest BCUT2D eigenvalue weighted by Crippen LogP contribution is 2.22. The van der Waals surface area contributed by atoms with Crippen LogP contribution in [0, 0.1) is 0 Å². The quantitative estimate of drug-likeness (QED) is 0.481. The number of fused-ring (bicyclic) bond motifs is 1. The summed E-state index contributed by atoms with van der Waals surface area (Å²) < 4.78 is 1.16. The van der Waals surface area contributed by atoms with Gasteiger partial charge < -0.3 is 5.32 Å². The maximum absolute atomic E-state index is 12.3. The third kappa shape index (κ3) is 4.69. The smallest absolute Gasteiger partial charge is 0.224 e. The van der Waals surface area contributed by atoms with Gasteiger partial charge in [-0.1, -0.05) is 36.4 Å². The van der Waals surface area contributed by atoms with E-state index in [2.05, 4.69) is 21.4 Å². The zero-order valence-electron chi connectivity index (χ0n) is 15.2. The van der Waals surface area contributed by atoms with Gasteiger partial charge in [-0.2, -0.15) is 0 Å². The lowest BCUT2D eigenvalue weighted by Crippen LogP contribution is -2.12. The third-order valence-electron chi connectivity index (χ3n) is 4.21. The number of para-hydroxylation sites is 1. The lowest BCUT2D eigenvalue weighted by molar-refractivity contribution is -0.116. The number of hydrogen-bond donors (Lipinski definition) is 1. The molecule has 0 radical (unpaired) electrons. The van der Waals surface area contributed by atoms with E-state index >= 15 is 0 Å². The minimum atomic E-state index is -0.00916. The Morgan fingerprint density at radius 1 is 1.00 bits per heavy atom. The summed E-state index contributed by atoms with van der Waals surface area (Å²) in [7, 11) is 0. The number of rotatable bonds is 6. The van der Waals surface area contributed by atoms with Crippen molar-refractivity contribution < 1.29 is 4.79 Å².